The summed E-state index contributed by atoms with van der Waals surface area (Å²) in [7, 11) is 1.32. The predicted octanol–water partition coefficient (Wildman–Crippen LogP) is 3.72. The van der Waals surface area contributed by atoms with E-state index in [2.05, 4.69) is 39.3 Å². The van der Waals surface area contributed by atoms with Crippen LogP contribution in [0.15, 0.2) is 0 Å². The summed E-state index contributed by atoms with van der Waals surface area (Å²) < 4.78 is 2.70. The molecule has 0 atom stereocenters. The zero-order valence-corrected chi connectivity index (χ0v) is 11.2. The summed E-state index contributed by atoms with van der Waals surface area (Å²) >= 11 is 0. The molecular formula is C11H27NSi. The van der Waals surface area contributed by atoms with E-state index >= 15 is 0 Å². The second-order valence-corrected chi connectivity index (χ2v) is 9.39. The Bertz CT molecular complexity index is 113. The smallest absolute Gasteiger partial charge is 0.127 e. The van der Waals surface area contributed by atoms with Gasteiger partial charge in [0.2, 0.25) is 0 Å². The molecule has 0 unspecified atom stereocenters. The monoisotopic (exact) mass is 201 g/mol. The summed E-state index contributed by atoms with van der Waals surface area (Å²) in [6.45, 7) is 10.7. The van der Waals surface area contributed by atoms with Crippen LogP contribution < -0.4 is 0 Å². The predicted molar refractivity (Wildman–Crippen MR) is 64.7 cm³/mol. The highest BCUT2D eigenvalue weighted by molar-refractivity contribution is 6.76. The Morgan fingerprint density at radius 3 is 1.69 bits per heavy atom. The molecule has 1 nitrogen and oxygen atoms in total. The minimum atomic E-state index is -1.02. The van der Waals surface area contributed by atoms with Gasteiger partial charge >= 0.3 is 0 Å². The van der Waals surface area contributed by atoms with Crippen LogP contribution in [0.3, 0.4) is 0 Å². The van der Waals surface area contributed by atoms with Gasteiger partial charge in [-0.15, -0.1) is 0 Å². The fraction of sp³-hybridized carbons (Fsp3) is 1.00. The van der Waals surface area contributed by atoms with E-state index in [-0.39, 0.29) is 0 Å². The number of nitrogens with zero attached hydrogens (tertiary/aromatic N) is 1. The maximum absolute atomic E-state index is 2.70. The maximum Gasteiger partial charge on any atom is 0.127 e. The number of hydrogen-bond acceptors (Lipinski definition) is 1. The third kappa shape index (κ3) is 3.43. The normalized spacial score (nSPS) is 12.5. The zero-order valence-electron chi connectivity index (χ0n) is 10.2. The molecule has 0 radical (unpaired) electrons. The average molecular weight is 201 g/mol. The summed E-state index contributed by atoms with van der Waals surface area (Å²) in [5.74, 6) is 0. The van der Waals surface area contributed by atoms with Crippen LogP contribution in [0.2, 0.25) is 18.1 Å². The highest BCUT2D eigenvalue weighted by atomic mass is 28.3. The van der Waals surface area contributed by atoms with E-state index < -0.39 is 8.24 Å². The lowest BCUT2D eigenvalue weighted by molar-refractivity contribution is 0.475. The lowest BCUT2D eigenvalue weighted by Gasteiger charge is -2.38. The first-order chi connectivity index (χ1) is 6.16. The van der Waals surface area contributed by atoms with Gasteiger partial charge in [0.15, 0.2) is 0 Å². The first-order valence-corrected chi connectivity index (χ1v) is 8.44. The molecule has 0 aliphatic carbocycles. The summed E-state index contributed by atoms with van der Waals surface area (Å²) in [5, 5.41) is 0. The Morgan fingerprint density at radius 2 is 1.38 bits per heavy atom. The second kappa shape index (κ2) is 6.60. The summed E-state index contributed by atoms with van der Waals surface area (Å²) in [6.07, 6.45) is 2.69. The van der Waals surface area contributed by atoms with Crippen molar-refractivity contribution < 1.29 is 0 Å². The molecule has 0 aromatic carbocycles. The van der Waals surface area contributed by atoms with Gasteiger partial charge in [0.1, 0.15) is 8.24 Å². The molecule has 0 aliphatic heterocycles. The largest absolute Gasteiger partial charge is 0.326 e. The van der Waals surface area contributed by atoms with E-state index in [9.17, 15) is 0 Å². The average Bonchev–Trinajstić information content (AvgIpc) is 2.18. The third-order valence-electron chi connectivity index (χ3n) is 3.63. The van der Waals surface area contributed by atoms with Gasteiger partial charge in [0.25, 0.3) is 0 Å². The fourth-order valence-corrected chi connectivity index (χ4v) is 5.94. The Kier molecular flexibility index (Phi) is 6.69. The first-order valence-electron chi connectivity index (χ1n) is 5.88. The molecule has 0 fully saturated rings. The van der Waals surface area contributed by atoms with Crippen LogP contribution in [0.1, 0.15) is 40.5 Å². The van der Waals surface area contributed by atoms with Crippen LogP contribution in [-0.4, -0.2) is 26.4 Å². The summed E-state index contributed by atoms with van der Waals surface area (Å²) in [6, 6.07) is 4.25. The molecule has 0 bridgehead atoms. The molecule has 0 heterocycles. The second-order valence-electron chi connectivity index (χ2n) is 4.06. The van der Waals surface area contributed by atoms with E-state index in [4.69, 9.17) is 0 Å². The Balaban J connectivity index is 4.17. The Labute approximate surface area is 85.6 Å². The zero-order chi connectivity index (χ0) is 10.3. The molecule has 0 N–H and O–H groups in total. The van der Waals surface area contributed by atoms with Crippen molar-refractivity contribution in [3.8, 4) is 0 Å². The summed E-state index contributed by atoms with van der Waals surface area (Å²) in [5.41, 5.74) is 0. The highest BCUT2D eigenvalue weighted by Crippen LogP contribution is 2.23. The van der Waals surface area contributed by atoms with E-state index in [1.807, 2.05) is 0 Å². The van der Waals surface area contributed by atoms with Crippen molar-refractivity contribution >= 4 is 8.24 Å². The molecule has 0 saturated heterocycles. The molecule has 80 valence electrons. The third-order valence-corrected chi connectivity index (χ3v) is 9.42. The molecule has 13 heavy (non-hydrogen) atoms. The van der Waals surface area contributed by atoms with Crippen LogP contribution in [-0.2, 0) is 0 Å². The van der Waals surface area contributed by atoms with Crippen molar-refractivity contribution in [1.82, 2.24) is 4.57 Å². The van der Waals surface area contributed by atoms with Crippen LogP contribution in [0.4, 0.5) is 0 Å². The summed E-state index contributed by atoms with van der Waals surface area (Å²) in [4.78, 5) is 0. The van der Waals surface area contributed by atoms with Crippen LogP contribution in [0.5, 0.6) is 0 Å². The van der Waals surface area contributed by atoms with Crippen LogP contribution in [0.25, 0.3) is 0 Å². The Hall–Kier alpha value is 0.177. The molecule has 0 amide bonds. The first kappa shape index (κ1) is 13.2. The van der Waals surface area contributed by atoms with Crippen LogP contribution in [0, 0.1) is 0 Å². The molecule has 0 saturated carbocycles. The van der Waals surface area contributed by atoms with Gasteiger partial charge in [0, 0.05) is 0 Å². The molecule has 0 aliphatic rings. The Morgan fingerprint density at radius 1 is 0.923 bits per heavy atom. The van der Waals surface area contributed by atoms with E-state index in [1.165, 1.54) is 37.5 Å². The van der Waals surface area contributed by atoms with Gasteiger partial charge in [-0.3, -0.25) is 0 Å². The number of hydrogen-bond donors (Lipinski definition) is 0. The van der Waals surface area contributed by atoms with Crippen molar-refractivity contribution in [3.05, 3.63) is 0 Å². The van der Waals surface area contributed by atoms with Crippen molar-refractivity contribution in [2.45, 2.75) is 58.7 Å². The van der Waals surface area contributed by atoms with Crippen molar-refractivity contribution in [2.75, 3.05) is 13.6 Å². The molecule has 0 aromatic heterocycles. The van der Waals surface area contributed by atoms with Gasteiger partial charge in [-0.25, -0.2) is 0 Å². The minimum Gasteiger partial charge on any atom is -0.326 e. The van der Waals surface area contributed by atoms with Crippen molar-refractivity contribution in [1.29, 1.82) is 0 Å². The molecule has 0 rings (SSSR count). The van der Waals surface area contributed by atoms with E-state index in [0.29, 0.717) is 0 Å². The van der Waals surface area contributed by atoms with Gasteiger partial charge in [-0.05, 0) is 38.1 Å². The van der Waals surface area contributed by atoms with Gasteiger partial charge < -0.3 is 4.57 Å². The van der Waals surface area contributed by atoms with Crippen molar-refractivity contribution in [3.63, 3.8) is 0 Å². The van der Waals surface area contributed by atoms with Gasteiger partial charge in [-0.1, -0.05) is 34.1 Å². The standard InChI is InChI=1S/C11H27NSi/c1-6-10-11-12(5)13(7-2,8-3)9-4/h6-11H2,1-5H3. The molecule has 0 aromatic rings. The SMILES string of the molecule is CCCCN(C)[Si](CC)(CC)CC. The lowest BCUT2D eigenvalue weighted by Crippen LogP contribution is -2.50. The highest BCUT2D eigenvalue weighted by Gasteiger charge is 2.31. The molecule has 2 heteroatoms. The van der Waals surface area contributed by atoms with Gasteiger partial charge in [0.05, 0.1) is 0 Å². The van der Waals surface area contributed by atoms with Gasteiger partial charge in [-0.2, -0.15) is 0 Å². The van der Waals surface area contributed by atoms with Crippen molar-refractivity contribution in [2.24, 2.45) is 0 Å². The quantitative estimate of drug-likeness (QED) is 0.567. The molecule has 0 spiro atoms. The van der Waals surface area contributed by atoms with E-state index in [1.54, 1.807) is 0 Å². The van der Waals surface area contributed by atoms with Crippen LogP contribution >= 0.6 is 0 Å². The topological polar surface area (TPSA) is 3.24 Å². The number of unbranched alkanes of at least 4 members (excludes halogenated alkanes) is 1. The maximum atomic E-state index is 2.70. The van der Waals surface area contributed by atoms with E-state index in [0.717, 1.165) is 0 Å². The lowest BCUT2D eigenvalue weighted by atomic mass is 10.3. The minimum absolute atomic E-state index is 1.02. The fourth-order valence-electron chi connectivity index (χ4n) is 2.19. The number of rotatable bonds is 7. The molecular weight excluding hydrogens is 174 g/mol.